The van der Waals surface area contributed by atoms with Gasteiger partial charge in [-0.2, -0.15) is 0 Å². The summed E-state index contributed by atoms with van der Waals surface area (Å²) in [6.45, 7) is 5.82. The van der Waals surface area contributed by atoms with E-state index in [1.165, 1.54) is 0 Å². The molecule has 5 heteroatoms. The van der Waals surface area contributed by atoms with Crippen LogP contribution in [0.4, 0.5) is 0 Å². The van der Waals surface area contributed by atoms with E-state index in [1.54, 1.807) is 6.92 Å². The second-order valence-electron chi connectivity index (χ2n) is 5.60. The van der Waals surface area contributed by atoms with Gasteiger partial charge in [0.15, 0.2) is 0 Å². The third kappa shape index (κ3) is 5.83. The molecule has 1 rings (SSSR count). The number of aliphatic carboxylic acids is 1. The summed E-state index contributed by atoms with van der Waals surface area (Å²) in [5.74, 6) is -0.896. The van der Waals surface area contributed by atoms with E-state index in [2.05, 4.69) is 5.32 Å². The van der Waals surface area contributed by atoms with Crippen molar-refractivity contribution < 1.29 is 20.1 Å². The van der Waals surface area contributed by atoms with Crippen molar-refractivity contribution in [1.82, 2.24) is 5.32 Å². The Kier molecular flexibility index (Phi) is 6.81. The smallest absolute Gasteiger partial charge is 0.303 e. The van der Waals surface area contributed by atoms with E-state index < -0.39 is 24.2 Å². The molecule has 0 aromatic heterocycles. The molecule has 0 radical (unpaired) electrons. The molecule has 0 spiro atoms. The predicted octanol–water partition coefficient (Wildman–Crippen LogP) is 1.54. The van der Waals surface area contributed by atoms with Gasteiger partial charge < -0.3 is 20.6 Å². The number of hydrogen-bond acceptors (Lipinski definition) is 4. The lowest BCUT2D eigenvalue weighted by Crippen LogP contribution is -2.39. The molecule has 1 aromatic rings. The molecule has 0 heterocycles. The van der Waals surface area contributed by atoms with Gasteiger partial charge in [-0.3, -0.25) is 4.79 Å². The molecule has 0 aliphatic rings. The van der Waals surface area contributed by atoms with Gasteiger partial charge in [0.1, 0.15) is 0 Å². The molecule has 21 heavy (non-hydrogen) atoms. The lowest BCUT2D eigenvalue weighted by Gasteiger charge is -2.26. The van der Waals surface area contributed by atoms with E-state index in [0.717, 1.165) is 16.7 Å². The standard InChI is InChI=1S/C16H25NO4/c1-10-4-5-11(2)13(8-10)16(21)14(6-7-15(19)20)17-9-12(3)18/h4-5,8,12,14,16-18,21H,6-7,9H2,1-3H3,(H,19,20). The number of hydrogen-bond donors (Lipinski definition) is 4. The molecule has 0 saturated carbocycles. The van der Waals surface area contributed by atoms with Gasteiger partial charge in [0, 0.05) is 19.0 Å². The maximum absolute atomic E-state index is 10.8. The van der Waals surface area contributed by atoms with Crippen LogP contribution in [0.3, 0.4) is 0 Å². The topological polar surface area (TPSA) is 89.8 Å². The third-order valence-corrected chi connectivity index (χ3v) is 3.48. The van der Waals surface area contributed by atoms with Crippen molar-refractivity contribution in [3.63, 3.8) is 0 Å². The average Bonchev–Trinajstić information content (AvgIpc) is 2.40. The highest BCUT2D eigenvalue weighted by molar-refractivity contribution is 5.66. The SMILES string of the molecule is Cc1ccc(C)c(C(O)C(CCC(=O)O)NCC(C)O)c1. The van der Waals surface area contributed by atoms with Crippen LogP contribution >= 0.6 is 0 Å². The van der Waals surface area contributed by atoms with Crippen molar-refractivity contribution in [3.05, 3.63) is 34.9 Å². The first-order chi connectivity index (χ1) is 9.81. The summed E-state index contributed by atoms with van der Waals surface area (Å²) in [6, 6.07) is 5.42. The van der Waals surface area contributed by atoms with E-state index in [4.69, 9.17) is 5.11 Å². The minimum absolute atomic E-state index is 0.0284. The van der Waals surface area contributed by atoms with Gasteiger partial charge in [0.05, 0.1) is 12.2 Å². The van der Waals surface area contributed by atoms with E-state index in [0.29, 0.717) is 13.0 Å². The zero-order chi connectivity index (χ0) is 16.0. The fraction of sp³-hybridized carbons (Fsp3) is 0.562. The minimum Gasteiger partial charge on any atom is -0.481 e. The molecule has 5 nitrogen and oxygen atoms in total. The number of carboxylic acid groups (broad SMARTS) is 1. The van der Waals surface area contributed by atoms with Crippen molar-refractivity contribution in [2.24, 2.45) is 0 Å². The van der Waals surface area contributed by atoms with Gasteiger partial charge in [-0.15, -0.1) is 0 Å². The summed E-state index contributed by atoms with van der Waals surface area (Å²) in [7, 11) is 0. The fourth-order valence-electron chi connectivity index (χ4n) is 2.27. The van der Waals surface area contributed by atoms with E-state index in [9.17, 15) is 15.0 Å². The lowest BCUT2D eigenvalue weighted by molar-refractivity contribution is -0.137. The molecular weight excluding hydrogens is 270 g/mol. The highest BCUT2D eigenvalue weighted by Crippen LogP contribution is 2.24. The molecule has 0 bridgehead atoms. The van der Waals surface area contributed by atoms with Crippen LogP contribution in [-0.4, -0.2) is 40.0 Å². The number of aryl methyl sites for hydroxylation is 2. The number of aliphatic hydroxyl groups is 2. The Hall–Kier alpha value is -1.43. The molecule has 0 aliphatic carbocycles. The first kappa shape index (κ1) is 17.6. The van der Waals surface area contributed by atoms with E-state index in [1.807, 2.05) is 32.0 Å². The number of rotatable bonds is 8. The third-order valence-electron chi connectivity index (χ3n) is 3.48. The summed E-state index contributed by atoms with van der Waals surface area (Å²) in [5.41, 5.74) is 2.80. The number of carbonyl (C=O) groups is 1. The zero-order valence-electron chi connectivity index (χ0n) is 12.8. The van der Waals surface area contributed by atoms with E-state index in [-0.39, 0.29) is 6.42 Å². The normalized spacial score (nSPS) is 15.5. The van der Waals surface area contributed by atoms with E-state index >= 15 is 0 Å². The molecule has 4 N–H and O–H groups in total. The Morgan fingerprint density at radius 3 is 2.52 bits per heavy atom. The molecule has 0 aliphatic heterocycles. The summed E-state index contributed by atoms with van der Waals surface area (Å²) in [6.07, 6.45) is -1.08. The van der Waals surface area contributed by atoms with Gasteiger partial charge in [-0.25, -0.2) is 0 Å². The van der Waals surface area contributed by atoms with Gasteiger partial charge in [0.25, 0.3) is 0 Å². The van der Waals surface area contributed by atoms with Crippen molar-refractivity contribution in [2.75, 3.05) is 6.54 Å². The Labute approximate surface area is 125 Å². The van der Waals surface area contributed by atoms with Crippen LogP contribution in [0, 0.1) is 13.8 Å². The number of benzene rings is 1. The molecule has 0 amide bonds. The van der Waals surface area contributed by atoms with Crippen LogP contribution in [0.5, 0.6) is 0 Å². The molecule has 0 fully saturated rings. The monoisotopic (exact) mass is 295 g/mol. The Bertz CT molecular complexity index is 473. The summed E-state index contributed by atoms with van der Waals surface area (Å²) in [5, 5.41) is 31.8. The van der Waals surface area contributed by atoms with Crippen LogP contribution in [0.25, 0.3) is 0 Å². The average molecular weight is 295 g/mol. The first-order valence-electron chi connectivity index (χ1n) is 7.19. The number of aliphatic hydroxyl groups excluding tert-OH is 2. The molecule has 118 valence electrons. The predicted molar refractivity (Wildman–Crippen MR) is 81.2 cm³/mol. The Morgan fingerprint density at radius 2 is 1.95 bits per heavy atom. The van der Waals surface area contributed by atoms with Crippen LogP contribution < -0.4 is 5.32 Å². The first-order valence-corrected chi connectivity index (χ1v) is 7.19. The van der Waals surface area contributed by atoms with Crippen LogP contribution in [0.1, 0.15) is 42.6 Å². The summed E-state index contributed by atoms with van der Waals surface area (Å²) >= 11 is 0. The maximum Gasteiger partial charge on any atom is 0.303 e. The van der Waals surface area contributed by atoms with Crippen molar-refractivity contribution in [3.8, 4) is 0 Å². The minimum atomic E-state index is -0.896. The van der Waals surface area contributed by atoms with Crippen molar-refractivity contribution >= 4 is 5.97 Å². The van der Waals surface area contributed by atoms with Gasteiger partial charge >= 0.3 is 5.97 Å². The lowest BCUT2D eigenvalue weighted by atomic mass is 9.93. The zero-order valence-corrected chi connectivity index (χ0v) is 12.8. The van der Waals surface area contributed by atoms with Gasteiger partial charge in [0.2, 0.25) is 0 Å². The van der Waals surface area contributed by atoms with Crippen molar-refractivity contribution in [1.29, 1.82) is 0 Å². The Balaban J connectivity index is 2.88. The van der Waals surface area contributed by atoms with Crippen LogP contribution in [0.2, 0.25) is 0 Å². The molecule has 1 aromatic carbocycles. The highest BCUT2D eigenvalue weighted by atomic mass is 16.4. The maximum atomic E-state index is 10.8. The quantitative estimate of drug-likeness (QED) is 0.584. The van der Waals surface area contributed by atoms with Crippen LogP contribution in [0.15, 0.2) is 18.2 Å². The summed E-state index contributed by atoms with van der Waals surface area (Å²) < 4.78 is 0. The highest BCUT2D eigenvalue weighted by Gasteiger charge is 2.23. The van der Waals surface area contributed by atoms with Gasteiger partial charge in [-0.05, 0) is 38.3 Å². The second-order valence-corrected chi connectivity index (χ2v) is 5.60. The second kappa shape index (κ2) is 8.12. The fourth-order valence-corrected chi connectivity index (χ4v) is 2.27. The van der Waals surface area contributed by atoms with Crippen molar-refractivity contribution in [2.45, 2.75) is 51.9 Å². The van der Waals surface area contributed by atoms with Crippen LogP contribution in [-0.2, 0) is 4.79 Å². The molecule has 0 saturated heterocycles. The molecule has 3 atom stereocenters. The Morgan fingerprint density at radius 1 is 1.29 bits per heavy atom. The molecular formula is C16H25NO4. The van der Waals surface area contributed by atoms with Gasteiger partial charge in [-0.1, -0.05) is 23.8 Å². The largest absolute Gasteiger partial charge is 0.481 e. The number of carboxylic acids is 1. The number of nitrogens with one attached hydrogen (secondary N) is 1. The molecule has 3 unspecified atom stereocenters. The summed E-state index contributed by atoms with van der Waals surface area (Å²) in [4.78, 5) is 10.8.